The molecule has 4 aromatic heterocycles. The van der Waals surface area contributed by atoms with E-state index < -0.39 is 0 Å². The number of rotatable bonds is 18. The summed E-state index contributed by atoms with van der Waals surface area (Å²) in [5.74, 6) is 2.90. The Balaban J connectivity index is 0.000000191. The van der Waals surface area contributed by atoms with E-state index >= 15 is 0 Å². The molecule has 6 heterocycles. The van der Waals surface area contributed by atoms with Crippen molar-refractivity contribution in [3.63, 3.8) is 0 Å². The summed E-state index contributed by atoms with van der Waals surface area (Å²) in [6.07, 6.45) is 13.1. The molecule has 0 radical (unpaired) electrons. The van der Waals surface area contributed by atoms with Crippen molar-refractivity contribution in [2.75, 3.05) is 96.6 Å². The first-order valence-corrected chi connectivity index (χ1v) is 24.7. The van der Waals surface area contributed by atoms with Gasteiger partial charge in [0.25, 0.3) is 0 Å². The highest BCUT2D eigenvalue weighted by Crippen LogP contribution is 2.26. The second-order valence-electron chi connectivity index (χ2n) is 17.6. The minimum atomic E-state index is -0.0839. The van der Waals surface area contributed by atoms with Crippen molar-refractivity contribution in [3.8, 4) is 0 Å². The summed E-state index contributed by atoms with van der Waals surface area (Å²) >= 11 is 18.0. The number of methoxy groups -OCH3 is 2. The smallest absolute Gasteiger partial charge is 0.166 e. The summed E-state index contributed by atoms with van der Waals surface area (Å²) in [6.45, 7) is 9.89. The van der Waals surface area contributed by atoms with E-state index in [1.165, 1.54) is 32.1 Å². The Bertz CT molecular complexity index is 2610. The second-order valence-corrected chi connectivity index (χ2v) is 18.8. The number of carbonyl (C=O) groups is 2. The zero-order valence-electron chi connectivity index (χ0n) is 39.6. The van der Waals surface area contributed by atoms with E-state index in [-0.39, 0.29) is 16.7 Å². The maximum atomic E-state index is 13.1. The molecule has 0 aliphatic carbocycles. The van der Waals surface area contributed by atoms with Gasteiger partial charge in [0, 0.05) is 82.3 Å². The van der Waals surface area contributed by atoms with Gasteiger partial charge in [-0.1, -0.05) is 71.2 Å². The largest absolute Gasteiger partial charge is 0.383 e. The van der Waals surface area contributed by atoms with Crippen LogP contribution in [0.3, 0.4) is 0 Å². The van der Waals surface area contributed by atoms with Crippen LogP contribution in [0.5, 0.6) is 0 Å². The fourth-order valence-corrected chi connectivity index (χ4v) is 9.07. The molecule has 0 spiro atoms. The molecule has 17 heteroatoms. The lowest BCUT2D eigenvalue weighted by atomic mass is 9.96. The molecule has 7 N–H and O–H groups in total. The first kappa shape index (κ1) is 53.3. The number of piperidine rings is 2. The molecule has 0 bridgehead atoms. The summed E-state index contributed by atoms with van der Waals surface area (Å²) in [6, 6.07) is 19.0. The maximum Gasteiger partial charge on any atom is 0.166 e. The van der Waals surface area contributed by atoms with Gasteiger partial charge >= 0.3 is 0 Å². The number of benzene rings is 2. The molecule has 14 nitrogen and oxygen atoms in total. The Morgan fingerprint density at radius 2 is 1.13 bits per heavy atom. The van der Waals surface area contributed by atoms with Crippen molar-refractivity contribution in [2.45, 2.75) is 51.4 Å². The first-order chi connectivity index (χ1) is 33.4. The number of halogens is 3. The third kappa shape index (κ3) is 16.3. The Kier molecular flexibility index (Phi) is 21.2. The zero-order valence-corrected chi connectivity index (χ0v) is 41.9. The van der Waals surface area contributed by atoms with Gasteiger partial charge in [-0.15, -0.1) is 0 Å². The fraction of sp³-hybridized carbons (Fsp3) is 0.423. The van der Waals surface area contributed by atoms with E-state index in [0.717, 1.165) is 104 Å². The maximum absolute atomic E-state index is 13.1. The minimum absolute atomic E-state index is 0.0289. The molecule has 2 aliphatic rings. The molecule has 2 aromatic carbocycles. The van der Waals surface area contributed by atoms with Crippen LogP contribution in [0.25, 0.3) is 21.5 Å². The molecule has 6 aromatic rings. The number of likely N-dealkylation sites (tertiary alicyclic amines) is 2. The summed E-state index contributed by atoms with van der Waals surface area (Å²) in [5, 5.41) is 8.32. The molecular formula is C52H65Cl3N10O4. The molecule has 2 fully saturated rings. The minimum Gasteiger partial charge on any atom is -0.383 e. The third-order valence-corrected chi connectivity index (χ3v) is 13.5. The van der Waals surface area contributed by atoms with Gasteiger partial charge in [-0.05, 0) is 129 Å². The van der Waals surface area contributed by atoms with Gasteiger partial charge in [0.15, 0.2) is 11.6 Å². The van der Waals surface area contributed by atoms with Crippen molar-refractivity contribution < 1.29 is 19.1 Å². The predicted molar refractivity (Wildman–Crippen MR) is 281 cm³/mol. The molecule has 0 amide bonds. The van der Waals surface area contributed by atoms with Crippen LogP contribution in [0.4, 0.5) is 17.5 Å². The number of nitrogen functional groups attached to an aromatic ring is 2. The number of carbonyl (C=O) groups excluding carboxylic acids is 2. The van der Waals surface area contributed by atoms with Crippen LogP contribution in [0.2, 0.25) is 15.2 Å². The van der Waals surface area contributed by atoms with Crippen LogP contribution < -0.4 is 22.5 Å². The zero-order chi connectivity index (χ0) is 49.1. The van der Waals surface area contributed by atoms with Crippen LogP contribution in [0, 0.1) is 11.8 Å². The highest BCUT2D eigenvalue weighted by atomic mass is 35.5. The molecule has 2 aliphatic heterocycles. The highest BCUT2D eigenvalue weighted by molar-refractivity contribution is 6.34. The number of anilines is 3. The van der Waals surface area contributed by atoms with Gasteiger partial charge in [0.2, 0.25) is 0 Å². The molecule has 2 saturated heterocycles. The Morgan fingerprint density at radius 3 is 1.64 bits per heavy atom. The number of hydrogen-bond donors (Lipinski definition) is 4. The number of aromatic nitrogens is 4. The van der Waals surface area contributed by atoms with Gasteiger partial charge in [-0.25, -0.2) is 19.9 Å². The summed E-state index contributed by atoms with van der Waals surface area (Å²) in [7, 11) is 3.50. The normalized spacial score (nSPS) is 14.8. The monoisotopic (exact) mass is 998 g/mol. The van der Waals surface area contributed by atoms with Crippen LogP contribution >= 0.6 is 34.8 Å². The number of ketones is 2. The Hall–Kier alpha value is -5.03. The number of nitrogens with zero attached hydrogens (tertiary/aromatic N) is 6. The molecular weight excluding hydrogens is 935 g/mol. The topological polar surface area (TPSA) is 201 Å². The van der Waals surface area contributed by atoms with Crippen molar-refractivity contribution >= 4 is 85.4 Å². The Labute approximate surface area is 420 Å². The standard InChI is InChI=1S/C26H32ClN5O2.C17H13Cl2N3O.C9H20N2O/c1-34-13-12-32-10-7-19(8-11-32)16-30-26-23(15-21(27)17-31-26)24(33)5-3-18-2-4-22-20(14-18)6-9-29-25(22)28;18-12-8-14(16(19)22-9-12)15(23)4-2-10-1-3-13-11(7-10)5-6-21-17(13)20;1-12-7-6-11-4-2-9(8-10)3-5-11/h2,4,6,9,14-15,17,19H,3,5,7-8,10-13,16H2,1H3,(H2,28,29)(H,30,31);1,3,5-9H,2,4H2,(H2,20,21);9H,2-8,10H2,1H3. The van der Waals surface area contributed by atoms with Gasteiger partial charge in [-0.2, -0.15) is 0 Å². The molecule has 0 saturated carbocycles. The number of hydrogen-bond acceptors (Lipinski definition) is 14. The van der Waals surface area contributed by atoms with Crippen molar-refractivity contribution in [1.82, 2.24) is 29.7 Å². The number of nitrogens with two attached hydrogens (primary N) is 3. The average Bonchev–Trinajstić information content (AvgIpc) is 3.37. The lowest BCUT2D eigenvalue weighted by Gasteiger charge is -2.32. The lowest BCUT2D eigenvalue weighted by molar-refractivity contribution is 0.0975. The van der Waals surface area contributed by atoms with Crippen molar-refractivity contribution in [2.24, 2.45) is 17.6 Å². The first-order valence-electron chi connectivity index (χ1n) is 23.6. The number of ether oxygens (including phenoxy) is 2. The second kappa shape index (κ2) is 27.4. The number of Topliss-reactive ketones (excluding diaryl/α,β-unsaturated/α-hetero) is 2. The quantitative estimate of drug-likeness (QED) is 0.0469. The molecule has 69 heavy (non-hydrogen) atoms. The van der Waals surface area contributed by atoms with E-state index in [0.29, 0.717) is 70.2 Å². The number of nitrogens with one attached hydrogen (secondary N) is 1. The summed E-state index contributed by atoms with van der Waals surface area (Å²) in [5.41, 5.74) is 20.4. The molecule has 368 valence electrons. The third-order valence-electron chi connectivity index (χ3n) is 12.8. The number of fused-ring (bicyclic) bond motifs is 2. The number of pyridine rings is 4. The van der Waals surface area contributed by atoms with Crippen LogP contribution in [-0.4, -0.2) is 121 Å². The van der Waals surface area contributed by atoms with Gasteiger partial charge in [0.1, 0.15) is 22.6 Å². The van der Waals surface area contributed by atoms with Gasteiger partial charge in [-0.3, -0.25) is 9.59 Å². The van der Waals surface area contributed by atoms with Crippen molar-refractivity contribution in [1.29, 1.82) is 0 Å². The SMILES string of the molecule is COCCN1CCC(CN)CC1.COCCN1CCC(CNc2ncc(Cl)cc2C(=O)CCc2ccc3c(N)nccc3c2)CC1.Nc1nccc2cc(CCC(=O)c3cc(Cl)cnc3Cl)ccc12. The van der Waals surface area contributed by atoms with E-state index in [1.807, 2.05) is 42.5 Å². The fourth-order valence-electron chi connectivity index (χ4n) is 8.55. The summed E-state index contributed by atoms with van der Waals surface area (Å²) < 4.78 is 10.2. The summed E-state index contributed by atoms with van der Waals surface area (Å²) in [4.78, 5) is 46.8. The van der Waals surface area contributed by atoms with Crippen LogP contribution in [0.15, 0.2) is 85.5 Å². The van der Waals surface area contributed by atoms with Crippen LogP contribution in [-0.2, 0) is 22.3 Å². The van der Waals surface area contributed by atoms with Gasteiger partial charge < -0.3 is 41.8 Å². The predicted octanol–water partition coefficient (Wildman–Crippen LogP) is 9.09. The number of aryl methyl sites for hydroxylation is 2. The molecule has 0 unspecified atom stereocenters. The van der Waals surface area contributed by atoms with E-state index in [2.05, 4.69) is 41.1 Å². The van der Waals surface area contributed by atoms with Gasteiger partial charge in [0.05, 0.1) is 34.4 Å². The van der Waals surface area contributed by atoms with Crippen LogP contribution in [0.1, 0.15) is 70.4 Å². The van der Waals surface area contributed by atoms with E-state index in [4.69, 9.17) is 61.5 Å². The van der Waals surface area contributed by atoms with E-state index in [1.54, 1.807) is 44.9 Å². The lowest BCUT2D eigenvalue weighted by Crippen LogP contribution is -2.37. The highest BCUT2D eigenvalue weighted by Gasteiger charge is 2.21. The average molecular weight is 1000 g/mol. The van der Waals surface area contributed by atoms with Crippen molar-refractivity contribution in [3.05, 3.63) is 123 Å². The molecule has 8 rings (SSSR count). The molecule has 0 atom stereocenters. The van der Waals surface area contributed by atoms with E-state index in [9.17, 15) is 9.59 Å². The Morgan fingerprint density at radius 1 is 0.652 bits per heavy atom.